The smallest absolute Gasteiger partial charge is 0.317 e. The first-order valence-corrected chi connectivity index (χ1v) is 5.71. The van der Waals surface area contributed by atoms with E-state index in [1.165, 1.54) is 7.11 Å². The largest absolute Gasteiger partial charge is 0.468 e. The summed E-state index contributed by atoms with van der Waals surface area (Å²) in [5.41, 5.74) is -0.428. The summed E-state index contributed by atoms with van der Waals surface area (Å²) < 4.78 is 4.89. The molecule has 14 heavy (non-hydrogen) atoms. The highest BCUT2D eigenvalue weighted by Gasteiger charge is 2.38. The van der Waals surface area contributed by atoms with E-state index < -0.39 is 5.41 Å². The number of hydrogen-bond acceptors (Lipinski definition) is 3. The summed E-state index contributed by atoms with van der Waals surface area (Å²) in [6.45, 7) is 4.06. The Hall–Kier alpha value is -0.830. The van der Waals surface area contributed by atoms with Crippen LogP contribution in [-0.2, 0) is 14.9 Å². The van der Waals surface area contributed by atoms with Crippen LogP contribution in [-0.4, -0.2) is 13.1 Å². The fourth-order valence-corrected chi connectivity index (χ4v) is 2.79. The predicted octanol–water partition coefficient (Wildman–Crippen LogP) is 2.98. The van der Waals surface area contributed by atoms with Gasteiger partial charge >= 0.3 is 5.97 Å². The zero-order valence-electron chi connectivity index (χ0n) is 8.87. The van der Waals surface area contributed by atoms with Gasteiger partial charge in [0.1, 0.15) is 5.41 Å². The Kier molecular flexibility index (Phi) is 3.69. The van der Waals surface area contributed by atoms with Crippen molar-refractivity contribution >= 4 is 17.3 Å². The van der Waals surface area contributed by atoms with Crippen molar-refractivity contribution in [2.24, 2.45) is 0 Å². The van der Waals surface area contributed by atoms with Crippen molar-refractivity contribution in [3.63, 3.8) is 0 Å². The zero-order valence-corrected chi connectivity index (χ0v) is 9.69. The lowest BCUT2D eigenvalue weighted by Crippen LogP contribution is -2.34. The molecule has 0 aliphatic carbocycles. The molecular weight excluding hydrogens is 196 g/mol. The van der Waals surface area contributed by atoms with E-state index in [4.69, 9.17) is 4.74 Å². The average molecular weight is 212 g/mol. The Morgan fingerprint density at radius 1 is 1.50 bits per heavy atom. The van der Waals surface area contributed by atoms with Crippen LogP contribution in [0.25, 0.3) is 0 Å². The maximum Gasteiger partial charge on any atom is 0.317 e. The number of thiophene rings is 1. The summed E-state index contributed by atoms with van der Waals surface area (Å²) in [5.74, 6) is -0.120. The lowest BCUT2D eigenvalue weighted by atomic mass is 9.81. The Labute approximate surface area is 88.9 Å². The molecule has 0 fully saturated rings. The molecule has 1 aromatic heterocycles. The first-order valence-electron chi connectivity index (χ1n) is 4.83. The van der Waals surface area contributed by atoms with Crippen molar-refractivity contribution in [3.8, 4) is 0 Å². The van der Waals surface area contributed by atoms with Crippen LogP contribution in [0.5, 0.6) is 0 Å². The van der Waals surface area contributed by atoms with E-state index in [1.807, 2.05) is 31.4 Å². The molecule has 1 aromatic rings. The van der Waals surface area contributed by atoms with Gasteiger partial charge in [0, 0.05) is 4.88 Å². The van der Waals surface area contributed by atoms with E-state index in [0.717, 1.165) is 17.7 Å². The van der Waals surface area contributed by atoms with E-state index in [-0.39, 0.29) is 5.97 Å². The average Bonchev–Trinajstić information content (AvgIpc) is 2.74. The molecular formula is C11H16O2S. The number of esters is 1. The molecule has 0 atom stereocenters. The van der Waals surface area contributed by atoms with E-state index in [0.29, 0.717) is 0 Å². The van der Waals surface area contributed by atoms with Gasteiger partial charge < -0.3 is 4.74 Å². The van der Waals surface area contributed by atoms with Gasteiger partial charge in [-0.15, -0.1) is 11.3 Å². The van der Waals surface area contributed by atoms with Gasteiger partial charge in [0.25, 0.3) is 0 Å². The third kappa shape index (κ3) is 1.69. The lowest BCUT2D eigenvalue weighted by Gasteiger charge is -2.27. The maximum atomic E-state index is 11.8. The van der Waals surface area contributed by atoms with Crippen molar-refractivity contribution in [3.05, 3.63) is 22.4 Å². The standard InChI is InChI=1S/C11H16O2S/c1-4-11(5-2,10(12)13-3)9-7-6-8-14-9/h6-8H,4-5H2,1-3H3. The second-order valence-electron chi connectivity index (χ2n) is 3.26. The molecule has 0 bridgehead atoms. The summed E-state index contributed by atoms with van der Waals surface area (Å²) in [4.78, 5) is 12.9. The van der Waals surface area contributed by atoms with E-state index in [9.17, 15) is 4.79 Å². The summed E-state index contributed by atoms with van der Waals surface area (Å²) in [5, 5.41) is 2.00. The number of carbonyl (C=O) groups is 1. The molecule has 0 N–H and O–H groups in total. The van der Waals surface area contributed by atoms with Gasteiger partial charge in [-0.1, -0.05) is 19.9 Å². The molecule has 0 aliphatic rings. The van der Waals surface area contributed by atoms with Crippen LogP contribution in [0.3, 0.4) is 0 Å². The molecule has 0 aliphatic heterocycles. The minimum absolute atomic E-state index is 0.120. The van der Waals surface area contributed by atoms with Crippen LogP contribution < -0.4 is 0 Å². The van der Waals surface area contributed by atoms with Gasteiger partial charge in [-0.3, -0.25) is 4.79 Å². The fourth-order valence-electron chi connectivity index (χ4n) is 1.73. The second kappa shape index (κ2) is 4.60. The van der Waals surface area contributed by atoms with E-state index in [1.54, 1.807) is 11.3 Å². The summed E-state index contributed by atoms with van der Waals surface area (Å²) >= 11 is 1.62. The van der Waals surface area contributed by atoms with Gasteiger partial charge in [0.05, 0.1) is 7.11 Å². The summed E-state index contributed by atoms with van der Waals surface area (Å²) in [6, 6.07) is 3.98. The summed E-state index contributed by atoms with van der Waals surface area (Å²) in [7, 11) is 1.45. The highest BCUT2D eigenvalue weighted by atomic mass is 32.1. The Morgan fingerprint density at radius 3 is 2.50 bits per heavy atom. The zero-order chi connectivity index (χ0) is 10.6. The number of rotatable bonds is 4. The molecule has 0 saturated heterocycles. The molecule has 78 valence electrons. The van der Waals surface area contributed by atoms with Crippen LogP contribution in [0, 0.1) is 0 Å². The SMILES string of the molecule is CCC(CC)(C(=O)OC)c1cccs1. The van der Waals surface area contributed by atoms with Crippen LogP contribution in [0.1, 0.15) is 31.6 Å². The number of methoxy groups -OCH3 is 1. The first kappa shape index (κ1) is 11.2. The molecule has 2 nitrogen and oxygen atoms in total. The molecule has 0 saturated carbocycles. The van der Waals surface area contributed by atoms with Crippen LogP contribution in [0.15, 0.2) is 17.5 Å². The quantitative estimate of drug-likeness (QED) is 0.717. The minimum Gasteiger partial charge on any atom is -0.468 e. The van der Waals surface area contributed by atoms with Gasteiger partial charge in [-0.25, -0.2) is 0 Å². The van der Waals surface area contributed by atoms with Crippen molar-refractivity contribution in [2.75, 3.05) is 7.11 Å². The number of hydrogen-bond donors (Lipinski definition) is 0. The highest BCUT2D eigenvalue weighted by Crippen LogP contribution is 2.35. The van der Waals surface area contributed by atoms with Crippen molar-refractivity contribution in [2.45, 2.75) is 32.1 Å². The van der Waals surface area contributed by atoms with Crippen molar-refractivity contribution in [1.29, 1.82) is 0 Å². The Balaban J connectivity index is 3.10. The number of ether oxygens (including phenoxy) is 1. The molecule has 3 heteroatoms. The molecule has 0 amide bonds. The van der Waals surface area contributed by atoms with Gasteiger partial charge in [0.15, 0.2) is 0 Å². The minimum atomic E-state index is -0.428. The molecule has 0 spiro atoms. The van der Waals surface area contributed by atoms with Crippen LogP contribution in [0.2, 0.25) is 0 Å². The molecule has 0 aromatic carbocycles. The molecule has 0 unspecified atom stereocenters. The monoisotopic (exact) mass is 212 g/mol. The van der Waals surface area contributed by atoms with E-state index in [2.05, 4.69) is 0 Å². The second-order valence-corrected chi connectivity index (χ2v) is 4.21. The third-order valence-corrected chi connectivity index (χ3v) is 3.85. The maximum absolute atomic E-state index is 11.8. The topological polar surface area (TPSA) is 26.3 Å². The Bertz CT molecular complexity index is 286. The normalized spacial score (nSPS) is 11.4. The molecule has 1 rings (SSSR count). The predicted molar refractivity (Wildman–Crippen MR) is 58.6 cm³/mol. The summed E-state index contributed by atoms with van der Waals surface area (Å²) in [6.07, 6.45) is 1.58. The fraction of sp³-hybridized carbons (Fsp3) is 0.545. The highest BCUT2D eigenvalue weighted by molar-refractivity contribution is 7.10. The Morgan fingerprint density at radius 2 is 2.14 bits per heavy atom. The number of carbonyl (C=O) groups excluding carboxylic acids is 1. The van der Waals surface area contributed by atoms with Crippen molar-refractivity contribution in [1.82, 2.24) is 0 Å². The van der Waals surface area contributed by atoms with Crippen LogP contribution >= 0.6 is 11.3 Å². The van der Waals surface area contributed by atoms with Gasteiger partial charge in [-0.2, -0.15) is 0 Å². The van der Waals surface area contributed by atoms with Gasteiger partial charge in [0.2, 0.25) is 0 Å². The van der Waals surface area contributed by atoms with Gasteiger partial charge in [-0.05, 0) is 24.3 Å². The lowest BCUT2D eigenvalue weighted by molar-refractivity contribution is -0.147. The molecule has 0 radical (unpaired) electrons. The van der Waals surface area contributed by atoms with E-state index >= 15 is 0 Å². The first-order chi connectivity index (χ1) is 6.71. The third-order valence-electron chi connectivity index (χ3n) is 2.78. The molecule has 1 heterocycles. The van der Waals surface area contributed by atoms with Crippen LogP contribution in [0.4, 0.5) is 0 Å². The van der Waals surface area contributed by atoms with Crippen molar-refractivity contribution < 1.29 is 9.53 Å².